The molecule has 0 radical (unpaired) electrons. The monoisotopic (exact) mass is 425 g/mol. The third kappa shape index (κ3) is 3.99. The van der Waals surface area contributed by atoms with Gasteiger partial charge < -0.3 is 5.32 Å². The van der Waals surface area contributed by atoms with Crippen LogP contribution in [-0.2, 0) is 12.6 Å². The van der Waals surface area contributed by atoms with Crippen LogP contribution >= 0.6 is 0 Å². The minimum Gasteiger partial charge on any atom is -0.369 e. The van der Waals surface area contributed by atoms with E-state index in [-0.39, 0.29) is 11.3 Å². The van der Waals surface area contributed by atoms with Crippen molar-refractivity contribution in [2.24, 2.45) is 0 Å². The summed E-state index contributed by atoms with van der Waals surface area (Å²) in [6.07, 6.45) is -3.63. The van der Waals surface area contributed by atoms with Crippen molar-refractivity contribution in [1.29, 1.82) is 5.26 Å². The fourth-order valence-corrected chi connectivity index (χ4v) is 3.46. The van der Waals surface area contributed by atoms with E-state index in [1.807, 2.05) is 19.9 Å². The lowest BCUT2D eigenvalue weighted by Crippen LogP contribution is -2.14. The molecule has 0 unspecified atom stereocenters. The van der Waals surface area contributed by atoms with Crippen LogP contribution in [0, 0.1) is 25.2 Å². The number of rotatable bonds is 5. The van der Waals surface area contributed by atoms with E-state index in [0.717, 1.165) is 11.4 Å². The van der Waals surface area contributed by atoms with Crippen molar-refractivity contribution >= 4 is 22.4 Å². The van der Waals surface area contributed by atoms with Gasteiger partial charge in [-0.2, -0.15) is 23.5 Å². The fraction of sp³-hybridized carbons (Fsp3) is 0.286. The second-order valence-electron chi connectivity index (χ2n) is 7.15. The number of anilines is 1. The summed E-state index contributed by atoms with van der Waals surface area (Å²) < 4.78 is 41.1. The first-order chi connectivity index (χ1) is 14.8. The molecule has 0 saturated carbocycles. The number of aryl methyl sites for hydroxylation is 3. The van der Waals surface area contributed by atoms with E-state index in [1.165, 1.54) is 6.07 Å². The largest absolute Gasteiger partial charge is 0.451 e. The number of hydrogen-bond acceptors (Lipinski definition) is 6. The normalized spacial score (nSPS) is 11.7. The van der Waals surface area contributed by atoms with Crippen molar-refractivity contribution in [1.82, 2.24) is 24.6 Å². The quantitative estimate of drug-likeness (QED) is 0.481. The van der Waals surface area contributed by atoms with Crippen LogP contribution in [0.4, 0.5) is 19.0 Å². The zero-order chi connectivity index (χ0) is 22.2. The second-order valence-corrected chi connectivity index (χ2v) is 7.15. The summed E-state index contributed by atoms with van der Waals surface area (Å²) in [4.78, 5) is 11.7. The van der Waals surface area contributed by atoms with Crippen LogP contribution in [0.25, 0.3) is 16.6 Å². The zero-order valence-corrected chi connectivity index (χ0v) is 16.8. The molecule has 0 fully saturated rings. The van der Waals surface area contributed by atoms with Gasteiger partial charge in [0.25, 0.3) is 0 Å². The van der Waals surface area contributed by atoms with Gasteiger partial charge in [-0.1, -0.05) is 12.1 Å². The molecule has 0 aliphatic carbocycles. The standard InChI is InChI=1S/C21H18F3N7/c1-12-10-13(2)31-19(27-12)15(11-25)17(30-31)8-5-9-26-18-14-6-3-4-7-16(14)28-20(29-18)21(22,23)24/h3-4,6-7,10H,5,8-9H2,1-2H3,(H,26,28,29). The Hall–Kier alpha value is -3.74. The summed E-state index contributed by atoms with van der Waals surface area (Å²) in [6, 6.07) is 10.6. The number of nitrogens with one attached hydrogen (secondary N) is 1. The number of para-hydroxylation sites is 1. The Morgan fingerprint density at radius 3 is 2.65 bits per heavy atom. The summed E-state index contributed by atoms with van der Waals surface area (Å²) >= 11 is 0. The van der Waals surface area contributed by atoms with Gasteiger partial charge in [0.05, 0.1) is 11.2 Å². The highest BCUT2D eigenvalue weighted by Crippen LogP contribution is 2.30. The molecule has 0 spiro atoms. The van der Waals surface area contributed by atoms with Crippen molar-refractivity contribution in [3.8, 4) is 6.07 Å². The van der Waals surface area contributed by atoms with Crippen molar-refractivity contribution in [2.45, 2.75) is 32.9 Å². The highest BCUT2D eigenvalue weighted by molar-refractivity contribution is 5.89. The second kappa shape index (κ2) is 7.83. The predicted octanol–water partition coefficient (Wildman–Crippen LogP) is 4.22. The molecular formula is C21H18F3N7. The molecule has 158 valence electrons. The van der Waals surface area contributed by atoms with E-state index >= 15 is 0 Å². The number of hydrogen-bond donors (Lipinski definition) is 1. The Morgan fingerprint density at radius 2 is 1.90 bits per heavy atom. The highest BCUT2D eigenvalue weighted by atomic mass is 19.4. The number of nitrogens with zero attached hydrogens (tertiary/aromatic N) is 6. The SMILES string of the molecule is Cc1cc(C)n2nc(CCCNc3nc(C(F)(F)F)nc4ccccc34)c(C#N)c2n1. The Kier molecular flexibility index (Phi) is 5.19. The van der Waals surface area contributed by atoms with Gasteiger partial charge in [-0.05, 0) is 44.9 Å². The van der Waals surface area contributed by atoms with Gasteiger partial charge in [0.2, 0.25) is 5.82 Å². The summed E-state index contributed by atoms with van der Waals surface area (Å²) in [5.41, 5.74) is 3.42. The fourth-order valence-electron chi connectivity index (χ4n) is 3.46. The number of aromatic nitrogens is 5. The lowest BCUT2D eigenvalue weighted by atomic mass is 10.1. The average Bonchev–Trinajstić information content (AvgIpc) is 3.07. The third-order valence-corrected chi connectivity index (χ3v) is 4.82. The van der Waals surface area contributed by atoms with Crippen LogP contribution in [0.3, 0.4) is 0 Å². The van der Waals surface area contributed by atoms with Crippen molar-refractivity contribution in [3.05, 3.63) is 58.8 Å². The van der Waals surface area contributed by atoms with E-state index in [2.05, 4.69) is 31.4 Å². The van der Waals surface area contributed by atoms with E-state index in [9.17, 15) is 18.4 Å². The summed E-state index contributed by atoms with van der Waals surface area (Å²) in [7, 11) is 0. The molecule has 4 rings (SSSR count). The summed E-state index contributed by atoms with van der Waals surface area (Å²) in [5, 5.41) is 17.5. The molecule has 0 aliphatic heterocycles. The van der Waals surface area contributed by atoms with E-state index in [1.54, 1.807) is 22.7 Å². The van der Waals surface area contributed by atoms with Crippen LogP contribution in [0.2, 0.25) is 0 Å². The van der Waals surface area contributed by atoms with E-state index < -0.39 is 12.0 Å². The lowest BCUT2D eigenvalue weighted by Gasteiger charge is -2.12. The van der Waals surface area contributed by atoms with E-state index in [0.29, 0.717) is 41.7 Å². The smallest absolute Gasteiger partial charge is 0.369 e. The number of benzene rings is 1. The van der Waals surface area contributed by atoms with Crippen molar-refractivity contribution < 1.29 is 13.2 Å². The molecular weight excluding hydrogens is 407 g/mol. The molecule has 3 heterocycles. The van der Waals surface area contributed by atoms with Gasteiger partial charge in [0, 0.05) is 23.3 Å². The van der Waals surface area contributed by atoms with Gasteiger partial charge in [-0.15, -0.1) is 0 Å². The van der Waals surface area contributed by atoms with Gasteiger partial charge >= 0.3 is 6.18 Å². The zero-order valence-electron chi connectivity index (χ0n) is 16.8. The Bertz CT molecular complexity index is 1320. The van der Waals surface area contributed by atoms with Crippen molar-refractivity contribution in [2.75, 3.05) is 11.9 Å². The first-order valence-corrected chi connectivity index (χ1v) is 9.61. The first-order valence-electron chi connectivity index (χ1n) is 9.61. The lowest BCUT2D eigenvalue weighted by molar-refractivity contribution is -0.144. The highest BCUT2D eigenvalue weighted by Gasteiger charge is 2.35. The van der Waals surface area contributed by atoms with Gasteiger partial charge in [0.15, 0.2) is 5.65 Å². The molecule has 0 amide bonds. The molecule has 3 aromatic heterocycles. The van der Waals surface area contributed by atoms with Crippen molar-refractivity contribution in [3.63, 3.8) is 0 Å². The van der Waals surface area contributed by atoms with Crippen LogP contribution in [0.15, 0.2) is 30.3 Å². The maximum absolute atomic E-state index is 13.2. The molecule has 0 atom stereocenters. The Labute approximate surface area is 175 Å². The van der Waals surface area contributed by atoms with Gasteiger partial charge in [-0.3, -0.25) is 0 Å². The van der Waals surface area contributed by atoms with E-state index in [4.69, 9.17) is 0 Å². The molecule has 1 aromatic carbocycles. The Balaban J connectivity index is 1.54. The molecule has 7 nitrogen and oxygen atoms in total. The number of nitriles is 1. The Morgan fingerprint density at radius 1 is 1.13 bits per heavy atom. The number of fused-ring (bicyclic) bond motifs is 2. The third-order valence-electron chi connectivity index (χ3n) is 4.82. The topological polar surface area (TPSA) is 91.8 Å². The first kappa shape index (κ1) is 20.5. The summed E-state index contributed by atoms with van der Waals surface area (Å²) in [5.74, 6) is -1.06. The van der Waals surface area contributed by atoms with Gasteiger partial charge in [-0.25, -0.2) is 19.5 Å². The molecule has 31 heavy (non-hydrogen) atoms. The van der Waals surface area contributed by atoms with Gasteiger partial charge in [0.1, 0.15) is 17.5 Å². The van der Waals surface area contributed by atoms with Crippen LogP contribution in [0.5, 0.6) is 0 Å². The molecule has 10 heteroatoms. The molecule has 4 aromatic rings. The molecule has 1 N–H and O–H groups in total. The maximum Gasteiger partial charge on any atom is 0.451 e. The summed E-state index contributed by atoms with van der Waals surface area (Å²) in [6.45, 7) is 4.09. The molecule has 0 saturated heterocycles. The minimum absolute atomic E-state index is 0.126. The number of halogens is 3. The van der Waals surface area contributed by atoms with Crippen LogP contribution in [0.1, 0.15) is 34.9 Å². The minimum atomic E-state index is -4.64. The average molecular weight is 425 g/mol. The molecule has 0 aliphatic rings. The number of alkyl halides is 3. The predicted molar refractivity (Wildman–Crippen MR) is 109 cm³/mol. The van der Waals surface area contributed by atoms with Crippen LogP contribution in [-0.4, -0.2) is 31.1 Å². The maximum atomic E-state index is 13.2. The van der Waals surface area contributed by atoms with Crippen LogP contribution < -0.4 is 5.32 Å². The molecule has 0 bridgehead atoms.